The molecule has 5 nitrogen and oxygen atoms in total. The third-order valence-electron chi connectivity index (χ3n) is 3.96. The Hall–Kier alpha value is -1.37. The molecular weight excluding hydrogens is 370 g/mol. The summed E-state index contributed by atoms with van der Waals surface area (Å²) >= 11 is 3.41. The molecule has 1 aliphatic heterocycles. The Morgan fingerprint density at radius 1 is 1.45 bits per heavy atom. The van der Waals surface area contributed by atoms with Crippen molar-refractivity contribution in [2.24, 2.45) is 11.7 Å². The quantitative estimate of drug-likeness (QED) is 0.830. The number of nitrogens with zero attached hydrogens (tertiary/aromatic N) is 1. The number of rotatable bonds is 2. The van der Waals surface area contributed by atoms with E-state index in [9.17, 15) is 9.59 Å². The molecule has 7 heteroatoms. The second-order valence-corrected chi connectivity index (χ2v) is 6.21. The highest BCUT2D eigenvalue weighted by molar-refractivity contribution is 9.10. The minimum Gasteiger partial charge on any atom is -0.338 e. The van der Waals surface area contributed by atoms with Crippen LogP contribution < -0.4 is 11.3 Å². The Balaban J connectivity index is 0.00000176. The second kappa shape index (κ2) is 6.81. The highest BCUT2D eigenvalue weighted by Gasteiger charge is 2.27. The van der Waals surface area contributed by atoms with Crippen LogP contribution in [0, 0.1) is 5.92 Å². The maximum Gasteiger partial charge on any atom is 0.254 e. The Kier molecular flexibility index (Phi) is 5.26. The number of H-pyrrole nitrogens is 1. The Morgan fingerprint density at radius 3 is 2.91 bits per heavy atom. The number of halogens is 2. The van der Waals surface area contributed by atoms with Crippen LogP contribution in [0.4, 0.5) is 0 Å². The summed E-state index contributed by atoms with van der Waals surface area (Å²) in [5.41, 5.74) is 6.51. The number of hydrogen-bond donors (Lipinski definition) is 2. The highest BCUT2D eigenvalue weighted by Crippen LogP contribution is 2.25. The summed E-state index contributed by atoms with van der Waals surface area (Å²) < 4.78 is 0.771. The molecule has 0 bridgehead atoms. The van der Waals surface area contributed by atoms with Gasteiger partial charge in [0.25, 0.3) is 5.91 Å². The lowest BCUT2D eigenvalue weighted by atomic mass is 10.1. The van der Waals surface area contributed by atoms with Gasteiger partial charge in [0.15, 0.2) is 0 Å². The molecule has 0 aliphatic carbocycles. The average Bonchev–Trinajstić information content (AvgIpc) is 2.96. The molecule has 118 valence electrons. The Morgan fingerprint density at radius 2 is 2.23 bits per heavy atom. The largest absolute Gasteiger partial charge is 0.338 e. The van der Waals surface area contributed by atoms with Gasteiger partial charge in [-0.25, -0.2) is 0 Å². The van der Waals surface area contributed by atoms with Crippen molar-refractivity contribution in [1.29, 1.82) is 0 Å². The summed E-state index contributed by atoms with van der Waals surface area (Å²) in [5, 5.41) is 0.755. The molecule has 1 aromatic heterocycles. The van der Waals surface area contributed by atoms with E-state index in [1.807, 2.05) is 18.2 Å². The van der Waals surface area contributed by atoms with Gasteiger partial charge in [-0.2, -0.15) is 0 Å². The van der Waals surface area contributed by atoms with E-state index >= 15 is 0 Å². The van der Waals surface area contributed by atoms with E-state index in [4.69, 9.17) is 5.73 Å². The van der Waals surface area contributed by atoms with Crippen LogP contribution in [-0.2, 0) is 0 Å². The number of likely N-dealkylation sites (tertiary alicyclic amines) is 1. The van der Waals surface area contributed by atoms with E-state index in [1.165, 1.54) is 6.07 Å². The fourth-order valence-electron chi connectivity index (χ4n) is 2.80. The topological polar surface area (TPSA) is 79.2 Å². The molecule has 1 saturated heterocycles. The number of hydrogen-bond acceptors (Lipinski definition) is 3. The molecule has 3 N–H and O–H groups in total. The van der Waals surface area contributed by atoms with Crippen molar-refractivity contribution in [1.82, 2.24) is 9.88 Å². The molecule has 3 rings (SSSR count). The van der Waals surface area contributed by atoms with E-state index in [2.05, 4.69) is 20.9 Å². The number of nitrogens with two attached hydrogens (primary N) is 1. The predicted molar refractivity (Wildman–Crippen MR) is 92.6 cm³/mol. The predicted octanol–water partition coefficient (Wildman–Crippen LogP) is 2.13. The highest BCUT2D eigenvalue weighted by atomic mass is 79.9. The maximum atomic E-state index is 12.7. The van der Waals surface area contributed by atoms with E-state index in [0.29, 0.717) is 36.6 Å². The molecule has 1 aromatic carbocycles. The number of fused-ring (bicyclic) bond motifs is 1. The van der Waals surface area contributed by atoms with E-state index < -0.39 is 0 Å². The normalized spacial score (nSPS) is 17.5. The number of benzene rings is 1. The number of carbonyl (C=O) groups excluding carboxylic acids is 1. The van der Waals surface area contributed by atoms with Crippen molar-refractivity contribution >= 4 is 45.1 Å². The number of para-hydroxylation sites is 1. The van der Waals surface area contributed by atoms with Crippen LogP contribution >= 0.6 is 28.3 Å². The summed E-state index contributed by atoms with van der Waals surface area (Å²) in [6.45, 7) is 1.95. The fourth-order valence-corrected chi connectivity index (χ4v) is 3.27. The van der Waals surface area contributed by atoms with Crippen LogP contribution in [0.15, 0.2) is 33.5 Å². The minimum atomic E-state index is -0.271. The van der Waals surface area contributed by atoms with E-state index in [-0.39, 0.29) is 23.9 Å². The van der Waals surface area contributed by atoms with Gasteiger partial charge in [0.1, 0.15) is 0 Å². The number of carbonyl (C=O) groups is 1. The summed E-state index contributed by atoms with van der Waals surface area (Å²) in [6.07, 6.45) is 0.924. The first-order valence-corrected chi connectivity index (χ1v) is 7.70. The maximum absolute atomic E-state index is 12.7. The van der Waals surface area contributed by atoms with Crippen molar-refractivity contribution in [3.05, 3.63) is 44.7 Å². The van der Waals surface area contributed by atoms with Gasteiger partial charge >= 0.3 is 0 Å². The molecule has 1 atom stereocenters. The van der Waals surface area contributed by atoms with E-state index in [1.54, 1.807) is 4.90 Å². The number of pyridine rings is 1. The molecule has 2 aromatic rings. The monoisotopic (exact) mass is 385 g/mol. The number of aromatic amines is 1. The van der Waals surface area contributed by atoms with Crippen molar-refractivity contribution in [2.75, 3.05) is 19.6 Å². The van der Waals surface area contributed by atoms with Crippen LogP contribution in [0.2, 0.25) is 0 Å². The zero-order valence-electron chi connectivity index (χ0n) is 11.8. The summed E-state index contributed by atoms with van der Waals surface area (Å²) in [4.78, 5) is 29.1. The second-order valence-electron chi connectivity index (χ2n) is 5.35. The van der Waals surface area contributed by atoms with Gasteiger partial charge in [-0.05, 0) is 40.9 Å². The first kappa shape index (κ1) is 17.0. The van der Waals surface area contributed by atoms with Gasteiger partial charge in [-0.1, -0.05) is 12.1 Å². The van der Waals surface area contributed by atoms with Gasteiger partial charge in [0.2, 0.25) is 5.56 Å². The average molecular weight is 387 g/mol. The molecule has 0 spiro atoms. The van der Waals surface area contributed by atoms with Gasteiger partial charge in [0.05, 0.1) is 11.1 Å². The molecule has 1 unspecified atom stereocenters. The molecule has 1 aliphatic rings. The number of aromatic nitrogens is 1. The fraction of sp³-hybridized carbons (Fsp3) is 0.333. The standard InChI is InChI=1S/C15H16BrN3O2.ClH/c16-12-3-1-2-10-11(6-13(20)18-14(10)12)15(21)19-5-4-9(7-17)8-19;/h1-3,6,9H,4-5,7-8,17H2,(H,18,20);1H. The number of nitrogens with one attached hydrogen (secondary N) is 1. The number of amides is 1. The van der Waals surface area contributed by atoms with Crippen LogP contribution in [0.5, 0.6) is 0 Å². The molecule has 1 fully saturated rings. The van der Waals surface area contributed by atoms with Gasteiger partial charge in [-0.3, -0.25) is 9.59 Å². The lowest BCUT2D eigenvalue weighted by Gasteiger charge is -2.17. The van der Waals surface area contributed by atoms with Crippen molar-refractivity contribution < 1.29 is 4.79 Å². The first-order valence-electron chi connectivity index (χ1n) is 6.91. The van der Waals surface area contributed by atoms with Crippen molar-refractivity contribution in [3.8, 4) is 0 Å². The van der Waals surface area contributed by atoms with Gasteiger partial charge in [0, 0.05) is 29.0 Å². The Labute approximate surface area is 142 Å². The third-order valence-corrected chi connectivity index (χ3v) is 4.63. The molecule has 1 amide bonds. The van der Waals surface area contributed by atoms with Gasteiger partial charge < -0.3 is 15.6 Å². The molecule has 0 radical (unpaired) electrons. The molecular formula is C15H17BrClN3O2. The smallest absolute Gasteiger partial charge is 0.254 e. The SMILES string of the molecule is Cl.NCC1CCN(C(=O)c2cc(=O)[nH]c3c(Br)cccc23)C1. The summed E-state index contributed by atoms with van der Waals surface area (Å²) in [6, 6.07) is 6.92. The lowest BCUT2D eigenvalue weighted by molar-refractivity contribution is 0.0789. The zero-order valence-corrected chi connectivity index (χ0v) is 14.2. The van der Waals surface area contributed by atoms with Crippen LogP contribution in [0.25, 0.3) is 10.9 Å². The third kappa shape index (κ3) is 3.04. The first-order chi connectivity index (χ1) is 10.1. The van der Waals surface area contributed by atoms with E-state index in [0.717, 1.165) is 16.3 Å². The van der Waals surface area contributed by atoms with Gasteiger partial charge in [-0.15, -0.1) is 12.4 Å². The minimum absolute atomic E-state index is 0. The zero-order chi connectivity index (χ0) is 15.0. The van der Waals surface area contributed by atoms with Crippen molar-refractivity contribution in [2.45, 2.75) is 6.42 Å². The van der Waals surface area contributed by atoms with Crippen LogP contribution in [0.1, 0.15) is 16.8 Å². The molecule has 22 heavy (non-hydrogen) atoms. The van der Waals surface area contributed by atoms with Crippen LogP contribution in [-0.4, -0.2) is 35.4 Å². The molecule has 2 heterocycles. The Bertz CT molecular complexity index is 762. The lowest BCUT2D eigenvalue weighted by Crippen LogP contribution is -2.30. The molecule has 0 saturated carbocycles. The summed E-state index contributed by atoms with van der Waals surface area (Å²) in [5.74, 6) is 0.258. The summed E-state index contributed by atoms with van der Waals surface area (Å²) in [7, 11) is 0. The van der Waals surface area contributed by atoms with Crippen molar-refractivity contribution in [3.63, 3.8) is 0 Å². The van der Waals surface area contributed by atoms with Crippen LogP contribution in [0.3, 0.4) is 0 Å².